The summed E-state index contributed by atoms with van der Waals surface area (Å²) < 4.78 is 0. The van der Waals surface area contributed by atoms with Gasteiger partial charge < -0.3 is 5.32 Å². The minimum absolute atomic E-state index is 0.684. The second-order valence-electron chi connectivity index (χ2n) is 2.07. The smallest absolute Gasteiger partial charge is 0.0146 e. The zero-order valence-electron chi connectivity index (χ0n) is 6.43. The zero-order chi connectivity index (χ0) is 7.82. The molecule has 0 amide bonds. The predicted octanol–water partition coefficient (Wildman–Crippen LogP) is 2.08. The van der Waals surface area contributed by atoms with Gasteiger partial charge in [0.25, 0.3) is 0 Å². The van der Waals surface area contributed by atoms with Gasteiger partial charge >= 0.3 is 0 Å². The molecule has 0 spiro atoms. The molecule has 3 heteroatoms. The van der Waals surface area contributed by atoms with Crippen LogP contribution < -0.4 is 5.32 Å². The minimum atomic E-state index is 0.684. The third kappa shape index (κ3) is 6.46. The highest BCUT2D eigenvalue weighted by molar-refractivity contribution is 7.99. The van der Waals surface area contributed by atoms with Crippen molar-refractivity contribution in [3.63, 3.8) is 0 Å². The lowest BCUT2D eigenvalue weighted by atomic mass is 10.4. The molecule has 0 aromatic rings. The van der Waals surface area contributed by atoms with Crippen LogP contribution in [0.3, 0.4) is 0 Å². The molecule has 60 valence electrons. The summed E-state index contributed by atoms with van der Waals surface area (Å²) in [6.45, 7) is 4.11. The van der Waals surface area contributed by atoms with Gasteiger partial charge in [-0.25, -0.2) is 0 Å². The molecule has 0 aliphatic rings. The maximum Gasteiger partial charge on any atom is 0.0146 e. The molecule has 0 aliphatic heterocycles. The van der Waals surface area contributed by atoms with E-state index in [1.165, 1.54) is 5.54 Å². The van der Waals surface area contributed by atoms with Gasteiger partial charge in [0.2, 0.25) is 0 Å². The van der Waals surface area contributed by atoms with Crippen molar-refractivity contribution in [1.29, 1.82) is 0 Å². The first kappa shape index (κ1) is 10.3. The Morgan fingerprint density at radius 3 is 2.90 bits per heavy atom. The highest BCUT2D eigenvalue weighted by atomic mass is 35.5. The number of rotatable bonds is 5. The summed E-state index contributed by atoms with van der Waals surface area (Å²) in [4.78, 5) is 0. The molecular weight excluding hydrogens is 166 g/mol. The number of nitrogens with one attached hydrogen (secondary N) is 1. The average Bonchev–Trinajstić information content (AvgIpc) is 1.98. The van der Waals surface area contributed by atoms with E-state index in [9.17, 15) is 0 Å². The normalized spacial score (nSPS) is 14.3. The van der Waals surface area contributed by atoms with E-state index in [2.05, 4.69) is 18.5 Å². The van der Waals surface area contributed by atoms with E-state index in [0.717, 1.165) is 13.1 Å². The molecule has 0 aliphatic carbocycles. The molecule has 1 nitrogen and oxygen atoms in total. The molecule has 0 saturated heterocycles. The van der Waals surface area contributed by atoms with E-state index in [4.69, 9.17) is 11.6 Å². The van der Waals surface area contributed by atoms with E-state index >= 15 is 0 Å². The molecule has 1 N–H and O–H groups in total. The molecule has 0 aromatic carbocycles. The first-order chi connectivity index (χ1) is 4.81. The summed E-state index contributed by atoms with van der Waals surface area (Å²) in [5.41, 5.74) is 1.54. The summed E-state index contributed by atoms with van der Waals surface area (Å²) in [6.07, 6.45) is 4.01. The summed E-state index contributed by atoms with van der Waals surface area (Å²) in [6, 6.07) is 0. The fraction of sp³-hybridized carbons (Fsp3) is 0.714. The summed E-state index contributed by atoms with van der Waals surface area (Å²) in [5, 5.41) is 3.93. The maximum absolute atomic E-state index is 5.32. The average molecular weight is 180 g/mol. The van der Waals surface area contributed by atoms with E-state index in [1.54, 1.807) is 0 Å². The van der Waals surface area contributed by atoms with Crippen LogP contribution in [0, 0.1) is 0 Å². The Hall–Kier alpha value is 0.340. The highest BCUT2D eigenvalue weighted by Crippen LogP contribution is 2.01. The molecule has 0 fully saturated rings. The largest absolute Gasteiger partial charge is 0.312 e. The van der Waals surface area contributed by atoms with Crippen molar-refractivity contribution in [3.05, 3.63) is 11.6 Å². The van der Waals surface area contributed by atoms with Crippen molar-refractivity contribution in [2.45, 2.75) is 12.2 Å². The van der Waals surface area contributed by atoms with E-state index in [0.29, 0.717) is 5.25 Å². The van der Waals surface area contributed by atoms with Crippen LogP contribution in [0.2, 0.25) is 0 Å². The Balaban J connectivity index is 3.03. The van der Waals surface area contributed by atoms with Crippen LogP contribution in [0.1, 0.15) is 6.92 Å². The van der Waals surface area contributed by atoms with Gasteiger partial charge in [-0.15, -0.1) is 0 Å². The Kier molecular flexibility index (Phi) is 7.70. The lowest BCUT2D eigenvalue weighted by molar-refractivity contribution is 0.741. The summed E-state index contributed by atoms with van der Waals surface area (Å²) >= 11 is 7.19. The van der Waals surface area contributed by atoms with E-state index < -0.39 is 0 Å². The Labute approximate surface area is 72.2 Å². The third-order valence-corrected chi connectivity index (χ3v) is 2.34. The number of hydrogen-bond acceptors (Lipinski definition) is 2. The van der Waals surface area contributed by atoms with Crippen LogP contribution in [0.4, 0.5) is 0 Å². The highest BCUT2D eigenvalue weighted by Gasteiger charge is 1.94. The molecule has 10 heavy (non-hydrogen) atoms. The predicted molar refractivity (Wildman–Crippen MR) is 50.8 cm³/mol. The van der Waals surface area contributed by atoms with E-state index in [1.807, 2.05) is 17.8 Å². The fourth-order valence-corrected chi connectivity index (χ4v) is 0.871. The summed E-state index contributed by atoms with van der Waals surface area (Å²) in [5.74, 6) is 0. The lowest BCUT2D eigenvalue weighted by Gasteiger charge is -2.06. The molecule has 0 radical (unpaired) electrons. The van der Waals surface area contributed by atoms with Crippen molar-refractivity contribution in [1.82, 2.24) is 5.32 Å². The monoisotopic (exact) mass is 179 g/mol. The quantitative estimate of drug-likeness (QED) is 0.649. The third-order valence-electron chi connectivity index (χ3n) is 1.19. The van der Waals surface area contributed by atoms with Gasteiger partial charge in [0, 0.05) is 23.9 Å². The van der Waals surface area contributed by atoms with Gasteiger partial charge in [-0.2, -0.15) is 11.8 Å². The number of halogens is 1. The fourth-order valence-electron chi connectivity index (χ4n) is 0.498. The SMILES string of the molecule is CSC(C)CNC/C=C/Cl. The van der Waals surface area contributed by atoms with Gasteiger partial charge in [0.15, 0.2) is 0 Å². The van der Waals surface area contributed by atoms with Crippen LogP contribution >= 0.6 is 23.4 Å². The Morgan fingerprint density at radius 2 is 2.40 bits per heavy atom. The second kappa shape index (κ2) is 7.45. The van der Waals surface area contributed by atoms with Gasteiger partial charge in [-0.05, 0) is 6.26 Å². The number of hydrogen-bond donors (Lipinski definition) is 1. The molecule has 0 rings (SSSR count). The first-order valence-corrected chi connectivity index (χ1v) is 5.02. The van der Waals surface area contributed by atoms with Gasteiger partial charge in [-0.1, -0.05) is 24.6 Å². The standard InChI is InChI=1S/C7H14ClNS/c1-7(10-2)6-9-5-3-4-8/h3-4,7,9H,5-6H2,1-2H3/b4-3+. The van der Waals surface area contributed by atoms with Crippen molar-refractivity contribution in [2.24, 2.45) is 0 Å². The molecule has 1 unspecified atom stereocenters. The summed E-state index contributed by atoms with van der Waals surface area (Å²) in [7, 11) is 0. The van der Waals surface area contributed by atoms with Crippen LogP contribution in [-0.4, -0.2) is 24.6 Å². The van der Waals surface area contributed by atoms with Gasteiger partial charge in [0.05, 0.1) is 0 Å². The molecule has 0 aromatic heterocycles. The topological polar surface area (TPSA) is 12.0 Å². The Morgan fingerprint density at radius 1 is 1.70 bits per heavy atom. The maximum atomic E-state index is 5.32. The molecule has 0 heterocycles. The first-order valence-electron chi connectivity index (χ1n) is 3.30. The van der Waals surface area contributed by atoms with Crippen molar-refractivity contribution in [2.75, 3.05) is 19.3 Å². The molecule has 0 bridgehead atoms. The minimum Gasteiger partial charge on any atom is -0.312 e. The van der Waals surface area contributed by atoms with E-state index in [-0.39, 0.29) is 0 Å². The van der Waals surface area contributed by atoms with Crippen LogP contribution in [0.25, 0.3) is 0 Å². The van der Waals surface area contributed by atoms with Crippen molar-refractivity contribution in [3.8, 4) is 0 Å². The van der Waals surface area contributed by atoms with Crippen LogP contribution in [-0.2, 0) is 0 Å². The molecule has 0 saturated carbocycles. The second-order valence-corrected chi connectivity index (χ2v) is 3.59. The van der Waals surface area contributed by atoms with Crippen molar-refractivity contribution >= 4 is 23.4 Å². The molecule has 1 atom stereocenters. The van der Waals surface area contributed by atoms with Crippen molar-refractivity contribution < 1.29 is 0 Å². The van der Waals surface area contributed by atoms with Crippen LogP contribution in [0.5, 0.6) is 0 Å². The van der Waals surface area contributed by atoms with Gasteiger partial charge in [0.1, 0.15) is 0 Å². The zero-order valence-corrected chi connectivity index (χ0v) is 8.00. The number of thioether (sulfide) groups is 1. The molecular formula is C7H14ClNS. The Bertz CT molecular complexity index is 95.6. The van der Waals surface area contributed by atoms with Gasteiger partial charge in [-0.3, -0.25) is 0 Å². The lowest BCUT2D eigenvalue weighted by Crippen LogP contribution is -2.22. The van der Waals surface area contributed by atoms with Crippen LogP contribution in [0.15, 0.2) is 11.6 Å².